The molecule has 0 saturated heterocycles. The molecule has 1 saturated carbocycles. The lowest BCUT2D eigenvalue weighted by molar-refractivity contribution is -0.390. The summed E-state index contributed by atoms with van der Waals surface area (Å²) in [5, 5.41) is 26.0. The Morgan fingerprint density at radius 2 is 2.43 bits per heavy atom. The van der Waals surface area contributed by atoms with E-state index in [1.807, 2.05) is 0 Å². The molecular formula is C8H11N3O3. The molecule has 6 nitrogen and oxygen atoms in total. The number of H-pyrrole nitrogens is 1. The van der Waals surface area contributed by atoms with E-state index in [1.165, 1.54) is 6.20 Å². The first-order chi connectivity index (χ1) is 6.61. The van der Waals surface area contributed by atoms with Crippen LogP contribution < -0.4 is 0 Å². The molecule has 0 amide bonds. The van der Waals surface area contributed by atoms with Crippen LogP contribution in [0, 0.1) is 10.1 Å². The molecule has 1 aliphatic rings. The Labute approximate surface area is 80.1 Å². The van der Waals surface area contributed by atoms with Crippen LogP contribution in [0.3, 0.4) is 0 Å². The SMILES string of the molecule is O=[N+]([O-])c1[nH]ncc1CCC1(O)CC1. The Morgan fingerprint density at radius 1 is 1.71 bits per heavy atom. The quantitative estimate of drug-likeness (QED) is 0.551. The summed E-state index contributed by atoms with van der Waals surface area (Å²) in [4.78, 5) is 10.0. The molecule has 14 heavy (non-hydrogen) atoms. The summed E-state index contributed by atoms with van der Waals surface area (Å²) in [5.74, 6) is -0.0609. The molecule has 2 N–H and O–H groups in total. The second-order valence-electron chi connectivity index (χ2n) is 3.73. The molecule has 0 spiro atoms. The topological polar surface area (TPSA) is 92.0 Å². The van der Waals surface area contributed by atoms with Gasteiger partial charge in [-0.15, -0.1) is 5.10 Å². The van der Waals surface area contributed by atoms with Gasteiger partial charge in [-0.25, -0.2) is 0 Å². The molecule has 76 valence electrons. The molecule has 2 rings (SSSR count). The third-order valence-corrected chi connectivity index (χ3v) is 2.56. The van der Waals surface area contributed by atoms with E-state index in [0.29, 0.717) is 18.4 Å². The van der Waals surface area contributed by atoms with Crippen LogP contribution in [0.4, 0.5) is 5.82 Å². The fourth-order valence-corrected chi connectivity index (χ4v) is 1.41. The normalized spacial score (nSPS) is 18.1. The maximum atomic E-state index is 10.5. The molecule has 1 heterocycles. The molecule has 1 aliphatic carbocycles. The predicted molar refractivity (Wildman–Crippen MR) is 47.7 cm³/mol. The minimum atomic E-state index is -0.564. The number of nitro groups is 1. The highest BCUT2D eigenvalue weighted by Crippen LogP contribution is 2.39. The highest BCUT2D eigenvalue weighted by Gasteiger charge is 2.40. The first-order valence-electron chi connectivity index (χ1n) is 4.50. The van der Waals surface area contributed by atoms with Gasteiger partial charge < -0.3 is 15.2 Å². The average Bonchev–Trinajstić information content (AvgIpc) is 2.68. The van der Waals surface area contributed by atoms with E-state index in [0.717, 1.165) is 12.8 Å². The highest BCUT2D eigenvalue weighted by molar-refractivity contribution is 5.29. The molecule has 0 aromatic carbocycles. The third kappa shape index (κ3) is 1.74. The Hall–Kier alpha value is -1.43. The van der Waals surface area contributed by atoms with Crippen molar-refractivity contribution < 1.29 is 10.0 Å². The van der Waals surface area contributed by atoms with Crippen LogP contribution in [0.1, 0.15) is 24.8 Å². The van der Waals surface area contributed by atoms with Gasteiger partial charge in [-0.05, 0) is 30.6 Å². The number of rotatable bonds is 4. The van der Waals surface area contributed by atoms with E-state index in [2.05, 4.69) is 10.2 Å². The van der Waals surface area contributed by atoms with E-state index in [1.54, 1.807) is 0 Å². The zero-order valence-corrected chi connectivity index (χ0v) is 7.56. The zero-order valence-electron chi connectivity index (χ0n) is 7.56. The number of nitrogens with zero attached hydrogens (tertiary/aromatic N) is 2. The molecule has 1 fully saturated rings. The molecular weight excluding hydrogens is 186 g/mol. The number of nitrogens with one attached hydrogen (secondary N) is 1. The van der Waals surface area contributed by atoms with Gasteiger partial charge in [0.15, 0.2) is 0 Å². The first kappa shape index (κ1) is 9.14. The van der Waals surface area contributed by atoms with E-state index >= 15 is 0 Å². The van der Waals surface area contributed by atoms with Crippen LogP contribution in [0.5, 0.6) is 0 Å². The maximum absolute atomic E-state index is 10.5. The van der Waals surface area contributed by atoms with Gasteiger partial charge in [0.1, 0.15) is 0 Å². The maximum Gasteiger partial charge on any atom is 0.345 e. The Kier molecular flexibility index (Phi) is 1.99. The van der Waals surface area contributed by atoms with Gasteiger partial charge in [-0.1, -0.05) is 5.10 Å². The number of hydrogen-bond donors (Lipinski definition) is 2. The van der Waals surface area contributed by atoms with Crippen LogP contribution in [-0.2, 0) is 6.42 Å². The van der Waals surface area contributed by atoms with Crippen molar-refractivity contribution in [1.82, 2.24) is 10.2 Å². The van der Waals surface area contributed by atoms with Gasteiger partial charge in [0.05, 0.1) is 17.4 Å². The number of aryl methyl sites for hydroxylation is 1. The van der Waals surface area contributed by atoms with Crippen molar-refractivity contribution in [2.24, 2.45) is 0 Å². The molecule has 0 atom stereocenters. The molecule has 6 heteroatoms. The first-order valence-corrected chi connectivity index (χ1v) is 4.50. The largest absolute Gasteiger partial charge is 0.390 e. The lowest BCUT2D eigenvalue weighted by Crippen LogP contribution is -2.08. The third-order valence-electron chi connectivity index (χ3n) is 2.56. The summed E-state index contributed by atoms with van der Waals surface area (Å²) in [6.07, 6.45) is 4.14. The van der Waals surface area contributed by atoms with Crippen LogP contribution in [0.15, 0.2) is 6.20 Å². The zero-order chi connectivity index (χ0) is 10.2. The molecule has 0 unspecified atom stereocenters. The summed E-state index contributed by atoms with van der Waals surface area (Å²) < 4.78 is 0. The van der Waals surface area contributed by atoms with Crippen LogP contribution >= 0.6 is 0 Å². The second-order valence-corrected chi connectivity index (χ2v) is 3.73. The van der Waals surface area contributed by atoms with Crippen molar-refractivity contribution >= 4 is 5.82 Å². The van der Waals surface area contributed by atoms with Gasteiger partial charge in [-0.3, -0.25) is 0 Å². The summed E-state index contributed by atoms with van der Waals surface area (Å²) in [5.41, 5.74) is 0.000769. The van der Waals surface area contributed by atoms with Crippen LogP contribution in [0.25, 0.3) is 0 Å². The minimum absolute atomic E-state index is 0.0609. The van der Waals surface area contributed by atoms with E-state index in [9.17, 15) is 15.2 Å². The highest BCUT2D eigenvalue weighted by atomic mass is 16.6. The molecule has 0 radical (unpaired) electrons. The van der Waals surface area contributed by atoms with Crippen molar-refractivity contribution in [3.05, 3.63) is 21.9 Å². The van der Waals surface area contributed by atoms with Crippen LogP contribution in [0.2, 0.25) is 0 Å². The van der Waals surface area contributed by atoms with Gasteiger partial charge in [0.25, 0.3) is 0 Å². The number of aromatic nitrogens is 2. The van der Waals surface area contributed by atoms with Crippen molar-refractivity contribution in [2.75, 3.05) is 0 Å². The molecule has 1 aromatic rings. The van der Waals surface area contributed by atoms with Gasteiger partial charge in [0.2, 0.25) is 0 Å². The Balaban J connectivity index is 2.01. The fourth-order valence-electron chi connectivity index (χ4n) is 1.41. The second kappa shape index (κ2) is 3.06. The van der Waals surface area contributed by atoms with Gasteiger partial charge in [-0.2, -0.15) is 0 Å². The number of hydrogen-bond acceptors (Lipinski definition) is 4. The van der Waals surface area contributed by atoms with Crippen molar-refractivity contribution in [3.63, 3.8) is 0 Å². The lowest BCUT2D eigenvalue weighted by Gasteiger charge is -2.04. The minimum Gasteiger partial charge on any atom is -0.390 e. The summed E-state index contributed by atoms with van der Waals surface area (Å²) in [7, 11) is 0. The summed E-state index contributed by atoms with van der Waals surface area (Å²) >= 11 is 0. The summed E-state index contributed by atoms with van der Waals surface area (Å²) in [6, 6.07) is 0. The monoisotopic (exact) mass is 197 g/mol. The van der Waals surface area contributed by atoms with E-state index < -0.39 is 10.5 Å². The Bertz CT molecular complexity index is 356. The van der Waals surface area contributed by atoms with Crippen molar-refractivity contribution in [1.29, 1.82) is 0 Å². The smallest absolute Gasteiger partial charge is 0.345 e. The van der Waals surface area contributed by atoms with E-state index in [4.69, 9.17) is 0 Å². The fraction of sp³-hybridized carbons (Fsp3) is 0.625. The summed E-state index contributed by atoms with van der Waals surface area (Å²) in [6.45, 7) is 0. The molecule has 1 aromatic heterocycles. The predicted octanol–water partition coefficient (Wildman–Crippen LogP) is 0.775. The number of aliphatic hydroxyl groups is 1. The molecule has 0 aliphatic heterocycles. The van der Waals surface area contributed by atoms with Crippen molar-refractivity contribution in [3.8, 4) is 0 Å². The van der Waals surface area contributed by atoms with Gasteiger partial charge >= 0.3 is 5.82 Å². The van der Waals surface area contributed by atoms with Crippen LogP contribution in [-0.4, -0.2) is 25.8 Å². The average molecular weight is 197 g/mol. The van der Waals surface area contributed by atoms with Crippen molar-refractivity contribution in [2.45, 2.75) is 31.3 Å². The van der Waals surface area contributed by atoms with E-state index in [-0.39, 0.29) is 5.82 Å². The van der Waals surface area contributed by atoms with Gasteiger partial charge in [0, 0.05) is 0 Å². The number of aromatic amines is 1. The standard InChI is InChI=1S/C8H11N3O3/c12-8(3-4-8)2-1-6-5-9-10-7(6)11(13)14/h5,12H,1-4H2,(H,9,10). The lowest BCUT2D eigenvalue weighted by atomic mass is 10.1. The Morgan fingerprint density at radius 3 is 3.00 bits per heavy atom. The molecule has 0 bridgehead atoms.